The number of nitriles is 1. The summed E-state index contributed by atoms with van der Waals surface area (Å²) in [5, 5.41) is 8.72. The summed E-state index contributed by atoms with van der Waals surface area (Å²) in [7, 11) is 3.09. The second-order valence-electron chi connectivity index (χ2n) is 4.80. The normalized spacial score (nSPS) is 9.76. The average Bonchev–Trinajstić information content (AvgIpc) is 2.52. The van der Waals surface area contributed by atoms with Crippen molar-refractivity contribution in [2.45, 2.75) is 25.7 Å². The highest BCUT2D eigenvalue weighted by atomic mass is 16.5. The number of amides is 1. The van der Waals surface area contributed by atoms with Crippen LogP contribution in [0.4, 0.5) is 0 Å². The molecule has 0 spiro atoms. The van der Waals surface area contributed by atoms with Crippen LogP contribution in [0.2, 0.25) is 0 Å². The van der Waals surface area contributed by atoms with Crippen molar-refractivity contribution in [3.63, 3.8) is 0 Å². The lowest BCUT2D eigenvalue weighted by Crippen LogP contribution is -2.28. The maximum absolute atomic E-state index is 11.9. The van der Waals surface area contributed by atoms with Crippen LogP contribution < -0.4 is 0 Å². The molecule has 0 saturated carbocycles. The molecule has 0 aliphatic heterocycles. The van der Waals surface area contributed by atoms with E-state index in [0.29, 0.717) is 37.8 Å². The SMILES string of the molecule is COC(=O)CCCN(C)C(=O)CCc1ccc(C#N)cc1. The molecule has 0 aromatic heterocycles. The van der Waals surface area contributed by atoms with Gasteiger partial charge in [-0.05, 0) is 30.5 Å². The minimum Gasteiger partial charge on any atom is -0.469 e. The minimum absolute atomic E-state index is 0.0456. The number of esters is 1. The van der Waals surface area contributed by atoms with Crippen LogP contribution >= 0.6 is 0 Å². The van der Waals surface area contributed by atoms with Crippen LogP contribution in [0.5, 0.6) is 0 Å². The van der Waals surface area contributed by atoms with Crippen LogP contribution in [0.15, 0.2) is 24.3 Å². The molecule has 0 saturated heterocycles. The van der Waals surface area contributed by atoms with Gasteiger partial charge < -0.3 is 9.64 Å². The number of ether oxygens (including phenoxy) is 1. The Morgan fingerprint density at radius 1 is 1.24 bits per heavy atom. The van der Waals surface area contributed by atoms with Crippen molar-refractivity contribution in [2.24, 2.45) is 0 Å². The highest BCUT2D eigenvalue weighted by Crippen LogP contribution is 2.07. The Hall–Kier alpha value is -2.35. The molecule has 1 rings (SSSR count). The van der Waals surface area contributed by atoms with Gasteiger partial charge in [0.05, 0.1) is 18.7 Å². The number of carbonyl (C=O) groups excluding carboxylic acids is 2. The fourth-order valence-corrected chi connectivity index (χ4v) is 1.88. The van der Waals surface area contributed by atoms with E-state index in [4.69, 9.17) is 5.26 Å². The molecule has 0 radical (unpaired) electrons. The van der Waals surface area contributed by atoms with Crippen molar-refractivity contribution < 1.29 is 14.3 Å². The average molecular weight is 288 g/mol. The van der Waals surface area contributed by atoms with Crippen LogP contribution in [0.3, 0.4) is 0 Å². The first kappa shape index (κ1) is 16.7. The lowest BCUT2D eigenvalue weighted by Gasteiger charge is -2.16. The first-order valence-corrected chi connectivity index (χ1v) is 6.86. The Morgan fingerprint density at radius 3 is 2.48 bits per heavy atom. The van der Waals surface area contributed by atoms with Gasteiger partial charge in [0.1, 0.15) is 0 Å². The summed E-state index contributed by atoms with van der Waals surface area (Å²) in [6.45, 7) is 0.543. The summed E-state index contributed by atoms with van der Waals surface area (Å²) < 4.78 is 4.55. The van der Waals surface area contributed by atoms with E-state index < -0.39 is 0 Å². The Bertz CT molecular complexity index is 517. The van der Waals surface area contributed by atoms with Gasteiger partial charge in [-0.2, -0.15) is 5.26 Å². The largest absolute Gasteiger partial charge is 0.469 e. The summed E-state index contributed by atoms with van der Waals surface area (Å²) in [5.41, 5.74) is 1.65. The van der Waals surface area contributed by atoms with E-state index >= 15 is 0 Å². The Labute approximate surface area is 125 Å². The number of benzene rings is 1. The number of rotatable bonds is 7. The van der Waals surface area contributed by atoms with Crippen molar-refractivity contribution in [1.82, 2.24) is 4.90 Å². The predicted molar refractivity (Wildman–Crippen MR) is 78.4 cm³/mol. The first-order chi connectivity index (χ1) is 10.1. The van der Waals surface area contributed by atoms with Gasteiger partial charge in [0, 0.05) is 26.4 Å². The molecule has 0 N–H and O–H groups in total. The van der Waals surface area contributed by atoms with Crippen molar-refractivity contribution in [2.75, 3.05) is 20.7 Å². The Balaban J connectivity index is 2.31. The fraction of sp³-hybridized carbons (Fsp3) is 0.438. The lowest BCUT2D eigenvalue weighted by molar-refractivity contribution is -0.141. The smallest absolute Gasteiger partial charge is 0.305 e. The number of carbonyl (C=O) groups is 2. The highest BCUT2D eigenvalue weighted by Gasteiger charge is 2.09. The van der Waals surface area contributed by atoms with E-state index in [1.807, 2.05) is 12.1 Å². The van der Waals surface area contributed by atoms with E-state index in [2.05, 4.69) is 10.8 Å². The van der Waals surface area contributed by atoms with Gasteiger partial charge >= 0.3 is 5.97 Å². The van der Waals surface area contributed by atoms with Crippen LogP contribution in [0.1, 0.15) is 30.4 Å². The molecular weight excluding hydrogens is 268 g/mol. The number of methoxy groups -OCH3 is 1. The summed E-state index contributed by atoms with van der Waals surface area (Å²) in [4.78, 5) is 24.6. The van der Waals surface area contributed by atoms with E-state index in [-0.39, 0.29) is 11.9 Å². The number of aryl methyl sites for hydroxylation is 1. The van der Waals surface area contributed by atoms with Crippen molar-refractivity contribution >= 4 is 11.9 Å². The third-order valence-electron chi connectivity index (χ3n) is 3.24. The van der Waals surface area contributed by atoms with Gasteiger partial charge in [0.25, 0.3) is 0 Å². The fourth-order valence-electron chi connectivity index (χ4n) is 1.88. The quantitative estimate of drug-likeness (QED) is 0.718. The van der Waals surface area contributed by atoms with E-state index in [1.54, 1.807) is 24.1 Å². The maximum atomic E-state index is 11.9. The second-order valence-corrected chi connectivity index (χ2v) is 4.80. The summed E-state index contributed by atoms with van der Waals surface area (Å²) in [6.07, 6.45) is 1.99. The number of hydrogen-bond acceptors (Lipinski definition) is 4. The van der Waals surface area contributed by atoms with Crippen LogP contribution in [0.25, 0.3) is 0 Å². The van der Waals surface area contributed by atoms with Gasteiger partial charge in [-0.3, -0.25) is 9.59 Å². The van der Waals surface area contributed by atoms with Crippen LogP contribution in [0, 0.1) is 11.3 Å². The molecule has 1 aromatic carbocycles. The molecule has 0 aliphatic carbocycles. The molecule has 0 fully saturated rings. The highest BCUT2D eigenvalue weighted by molar-refractivity contribution is 5.76. The summed E-state index contributed by atoms with van der Waals surface area (Å²) in [6, 6.07) is 9.29. The van der Waals surface area contributed by atoms with E-state index in [9.17, 15) is 9.59 Å². The zero-order valence-electron chi connectivity index (χ0n) is 12.5. The lowest BCUT2D eigenvalue weighted by atomic mass is 10.1. The summed E-state index contributed by atoms with van der Waals surface area (Å²) >= 11 is 0. The third kappa shape index (κ3) is 6.09. The molecule has 0 heterocycles. The maximum Gasteiger partial charge on any atom is 0.305 e. The molecule has 1 aromatic rings. The number of hydrogen-bond donors (Lipinski definition) is 0. The van der Waals surface area contributed by atoms with E-state index in [1.165, 1.54) is 7.11 Å². The standard InChI is InChI=1S/C16H20N2O3/c1-18(11-3-4-16(20)21-2)15(19)10-9-13-5-7-14(12-17)8-6-13/h5-8H,3-4,9-11H2,1-2H3. The monoisotopic (exact) mass is 288 g/mol. The van der Waals surface area contributed by atoms with Crippen molar-refractivity contribution in [1.29, 1.82) is 5.26 Å². The first-order valence-electron chi connectivity index (χ1n) is 6.86. The molecule has 5 nitrogen and oxygen atoms in total. The van der Waals surface area contributed by atoms with Gasteiger partial charge in [-0.25, -0.2) is 0 Å². The van der Waals surface area contributed by atoms with Gasteiger partial charge in [-0.1, -0.05) is 12.1 Å². The molecule has 0 bridgehead atoms. The zero-order chi connectivity index (χ0) is 15.7. The van der Waals surface area contributed by atoms with Gasteiger partial charge in [0.2, 0.25) is 5.91 Å². The summed E-state index contributed by atoms with van der Waals surface area (Å²) in [5.74, 6) is -0.211. The van der Waals surface area contributed by atoms with Crippen LogP contribution in [-0.2, 0) is 20.7 Å². The molecule has 5 heteroatoms. The molecule has 0 atom stereocenters. The predicted octanol–water partition coefficient (Wildman–Crippen LogP) is 1.90. The Morgan fingerprint density at radius 2 is 1.90 bits per heavy atom. The number of nitrogens with zero attached hydrogens (tertiary/aromatic N) is 2. The van der Waals surface area contributed by atoms with Gasteiger partial charge in [-0.15, -0.1) is 0 Å². The topological polar surface area (TPSA) is 70.4 Å². The van der Waals surface area contributed by atoms with Crippen molar-refractivity contribution in [3.05, 3.63) is 35.4 Å². The minimum atomic E-state index is -0.256. The van der Waals surface area contributed by atoms with Crippen LogP contribution in [-0.4, -0.2) is 37.5 Å². The molecule has 1 amide bonds. The van der Waals surface area contributed by atoms with Gasteiger partial charge in [0.15, 0.2) is 0 Å². The molecule has 0 aliphatic rings. The molecule has 21 heavy (non-hydrogen) atoms. The molecule has 0 unspecified atom stereocenters. The van der Waals surface area contributed by atoms with E-state index in [0.717, 1.165) is 5.56 Å². The molecular formula is C16H20N2O3. The second kappa shape index (κ2) is 8.75. The Kier molecular flexibility index (Phi) is 6.96. The zero-order valence-corrected chi connectivity index (χ0v) is 12.5. The van der Waals surface area contributed by atoms with Crippen molar-refractivity contribution in [3.8, 4) is 6.07 Å². The third-order valence-corrected chi connectivity index (χ3v) is 3.24. The molecule has 112 valence electrons.